The van der Waals surface area contributed by atoms with Crippen LogP contribution in [0.3, 0.4) is 0 Å². The molecule has 1 atom stereocenters. The lowest BCUT2D eigenvalue weighted by atomic mass is 10.2. The normalized spacial score (nSPS) is 13.4. The first-order valence-electron chi connectivity index (χ1n) is 6.12. The van der Waals surface area contributed by atoms with Gasteiger partial charge < -0.3 is 5.11 Å². The highest BCUT2D eigenvalue weighted by Crippen LogP contribution is 2.09. The topological polar surface area (TPSA) is 66.4 Å². The summed E-state index contributed by atoms with van der Waals surface area (Å²) in [5.41, 5.74) is 1.50. The Bertz CT molecular complexity index is 471. The minimum absolute atomic E-state index is 0.0231. The number of hydrogen-bond donors (Lipinski definition) is 2. The second kappa shape index (κ2) is 7.89. The van der Waals surface area contributed by atoms with Crippen LogP contribution >= 0.6 is 11.8 Å². The van der Waals surface area contributed by atoms with Crippen molar-refractivity contribution in [1.82, 2.24) is 4.72 Å². The molecule has 6 heteroatoms. The highest BCUT2D eigenvalue weighted by molar-refractivity contribution is 7.98. The van der Waals surface area contributed by atoms with Crippen LogP contribution in [0.5, 0.6) is 0 Å². The summed E-state index contributed by atoms with van der Waals surface area (Å²) in [7, 11) is -3.29. The van der Waals surface area contributed by atoms with E-state index in [2.05, 4.69) is 4.72 Å². The molecule has 2 N–H and O–H groups in total. The van der Waals surface area contributed by atoms with Crippen LogP contribution in [0.25, 0.3) is 0 Å². The molecule has 0 bridgehead atoms. The molecule has 1 aromatic carbocycles. The van der Waals surface area contributed by atoms with Crippen molar-refractivity contribution in [1.29, 1.82) is 0 Å². The van der Waals surface area contributed by atoms with Crippen LogP contribution in [-0.4, -0.2) is 32.1 Å². The van der Waals surface area contributed by atoms with Gasteiger partial charge in [0.25, 0.3) is 0 Å². The molecule has 0 heterocycles. The van der Waals surface area contributed by atoms with Crippen molar-refractivity contribution in [2.75, 3.05) is 18.6 Å². The zero-order valence-electron chi connectivity index (χ0n) is 11.3. The summed E-state index contributed by atoms with van der Waals surface area (Å²) < 4.78 is 26.4. The number of benzene rings is 1. The quantitative estimate of drug-likeness (QED) is 0.765. The van der Waals surface area contributed by atoms with E-state index in [4.69, 9.17) is 5.11 Å². The molecule has 0 saturated heterocycles. The lowest BCUT2D eigenvalue weighted by Crippen LogP contribution is -2.30. The number of rotatable bonds is 8. The number of hydrogen-bond acceptors (Lipinski definition) is 4. The average molecular weight is 303 g/mol. The smallest absolute Gasteiger partial charge is 0.215 e. The van der Waals surface area contributed by atoms with Gasteiger partial charge in [-0.15, -0.1) is 0 Å². The predicted molar refractivity (Wildman–Crippen MR) is 80.5 cm³/mol. The van der Waals surface area contributed by atoms with Crippen LogP contribution < -0.4 is 4.72 Å². The molecular formula is C13H21NO3S2. The summed E-state index contributed by atoms with van der Waals surface area (Å²) in [6.45, 7) is 2.46. The summed E-state index contributed by atoms with van der Waals surface area (Å²) in [5, 5.41) is 8.92. The van der Waals surface area contributed by atoms with E-state index < -0.39 is 10.0 Å². The van der Waals surface area contributed by atoms with E-state index in [1.165, 1.54) is 0 Å². The molecule has 0 amide bonds. The van der Waals surface area contributed by atoms with Gasteiger partial charge >= 0.3 is 0 Å². The van der Waals surface area contributed by atoms with Crippen molar-refractivity contribution >= 4 is 21.8 Å². The van der Waals surface area contributed by atoms with E-state index in [-0.39, 0.29) is 12.4 Å². The van der Waals surface area contributed by atoms with Gasteiger partial charge in [0.15, 0.2) is 0 Å². The zero-order valence-corrected chi connectivity index (χ0v) is 12.9. The first-order valence-corrected chi connectivity index (χ1v) is 9.16. The Kier molecular flexibility index (Phi) is 6.85. The molecule has 0 radical (unpaired) electrons. The van der Waals surface area contributed by atoms with E-state index in [1.807, 2.05) is 13.2 Å². The molecule has 0 spiro atoms. The number of aliphatic hydroxyl groups excluding tert-OH is 1. The van der Waals surface area contributed by atoms with Gasteiger partial charge in [-0.1, -0.05) is 31.2 Å². The molecule has 0 aromatic heterocycles. The van der Waals surface area contributed by atoms with Gasteiger partial charge in [-0.25, -0.2) is 13.1 Å². The molecule has 0 saturated carbocycles. The highest BCUT2D eigenvalue weighted by Gasteiger charge is 2.12. The Morgan fingerprint density at radius 3 is 2.37 bits per heavy atom. The van der Waals surface area contributed by atoms with Crippen LogP contribution in [0.1, 0.15) is 18.1 Å². The van der Waals surface area contributed by atoms with Gasteiger partial charge in [-0.2, -0.15) is 11.8 Å². The van der Waals surface area contributed by atoms with Crippen molar-refractivity contribution < 1.29 is 13.5 Å². The first kappa shape index (κ1) is 16.5. The first-order chi connectivity index (χ1) is 8.96. The van der Waals surface area contributed by atoms with E-state index in [0.717, 1.165) is 16.9 Å². The second-order valence-corrected chi connectivity index (χ2v) is 7.36. The Labute approximate surface area is 119 Å². The van der Waals surface area contributed by atoms with Crippen molar-refractivity contribution in [3.63, 3.8) is 0 Å². The number of nitrogens with one attached hydrogen (secondary N) is 1. The van der Waals surface area contributed by atoms with E-state index >= 15 is 0 Å². The molecule has 1 aromatic rings. The van der Waals surface area contributed by atoms with Crippen LogP contribution in [-0.2, 0) is 22.4 Å². The number of sulfonamides is 1. The van der Waals surface area contributed by atoms with Crippen LogP contribution in [0, 0.1) is 5.92 Å². The van der Waals surface area contributed by atoms with Gasteiger partial charge in [-0.3, -0.25) is 0 Å². The standard InChI is InChI=1S/C13H21NO3S2/c1-11(9-18-2)7-14-19(16,17)10-13-5-3-12(8-15)4-6-13/h3-6,11,14-15H,7-10H2,1-2H3. The molecule has 0 aliphatic heterocycles. The van der Waals surface area contributed by atoms with Gasteiger partial charge in [0.2, 0.25) is 10.0 Å². The van der Waals surface area contributed by atoms with E-state index in [9.17, 15) is 8.42 Å². The van der Waals surface area contributed by atoms with Gasteiger partial charge in [0, 0.05) is 6.54 Å². The summed E-state index contributed by atoms with van der Waals surface area (Å²) in [6, 6.07) is 6.94. The summed E-state index contributed by atoms with van der Waals surface area (Å²) >= 11 is 1.71. The van der Waals surface area contributed by atoms with Crippen LogP contribution in [0.2, 0.25) is 0 Å². The Hall–Kier alpha value is -0.560. The lowest BCUT2D eigenvalue weighted by molar-refractivity contribution is 0.282. The third-order valence-corrected chi connectivity index (χ3v) is 4.89. The SMILES string of the molecule is CSCC(C)CNS(=O)(=O)Cc1ccc(CO)cc1. The Balaban J connectivity index is 2.53. The highest BCUT2D eigenvalue weighted by atomic mass is 32.2. The van der Waals surface area contributed by atoms with Crippen molar-refractivity contribution in [3.05, 3.63) is 35.4 Å². The maximum Gasteiger partial charge on any atom is 0.215 e. The predicted octanol–water partition coefficient (Wildman–Crippen LogP) is 1.60. The van der Waals surface area contributed by atoms with Gasteiger partial charge in [-0.05, 0) is 29.1 Å². The minimum Gasteiger partial charge on any atom is -0.392 e. The summed E-state index contributed by atoms with van der Waals surface area (Å²) in [6.07, 6.45) is 2.01. The van der Waals surface area contributed by atoms with Crippen molar-refractivity contribution in [2.45, 2.75) is 19.3 Å². The third kappa shape index (κ3) is 6.42. The van der Waals surface area contributed by atoms with E-state index in [1.54, 1.807) is 36.0 Å². The maximum atomic E-state index is 11.9. The van der Waals surface area contributed by atoms with Gasteiger partial charge in [0.1, 0.15) is 0 Å². The van der Waals surface area contributed by atoms with Gasteiger partial charge in [0.05, 0.1) is 12.4 Å². The molecule has 19 heavy (non-hydrogen) atoms. The summed E-state index contributed by atoms with van der Waals surface area (Å²) in [4.78, 5) is 0. The molecular weight excluding hydrogens is 282 g/mol. The largest absolute Gasteiger partial charge is 0.392 e. The monoisotopic (exact) mass is 303 g/mol. The molecule has 0 fully saturated rings. The van der Waals surface area contributed by atoms with E-state index in [0.29, 0.717) is 12.5 Å². The molecule has 0 aliphatic rings. The second-order valence-electron chi connectivity index (χ2n) is 4.64. The van der Waals surface area contributed by atoms with Crippen molar-refractivity contribution in [3.8, 4) is 0 Å². The van der Waals surface area contributed by atoms with Crippen LogP contribution in [0.4, 0.5) is 0 Å². The Morgan fingerprint density at radius 2 is 1.84 bits per heavy atom. The maximum absolute atomic E-state index is 11.9. The molecule has 4 nitrogen and oxygen atoms in total. The fourth-order valence-electron chi connectivity index (χ4n) is 1.62. The third-order valence-electron chi connectivity index (χ3n) is 2.67. The fourth-order valence-corrected chi connectivity index (χ4v) is 3.58. The average Bonchev–Trinajstić information content (AvgIpc) is 2.37. The molecule has 0 aliphatic carbocycles. The molecule has 1 unspecified atom stereocenters. The lowest BCUT2D eigenvalue weighted by Gasteiger charge is -2.12. The fraction of sp³-hybridized carbons (Fsp3) is 0.538. The summed E-state index contributed by atoms with van der Waals surface area (Å²) in [5.74, 6) is 1.24. The number of aliphatic hydroxyl groups is 1. The molecule has 1 rings (SSSR count). The minimum atomic E-state index is -3.29. The Morgan fingerprint density at radius 1 is 1.26 bits per heavy atom. The van der Waals surface area contributed by atoms with Crippen molar-refractivity contribution in [2.24, 2.45) is 5.92 Å². The molecule has 108 valence electrons. The zero-order chi connectivity index (χ0) is 14.3. The number of thioether (sulfide) groups is 1. The van der Waals surface area contributed by atoms with Crippen LogP contribution in [0.15, 0.2) is 24.3 Å².